The van der Waals surface area contributed by atoms with Crippen LogP contribution in [-0.2, 0) is 11.2 Å². The summed E-state index contributed by atoms with van der Waals surface area (Å²) in [5.41, 5.74) is 2.70. The van der Waals surface area contributed by atoms with Crippen LogP contribution in [0.3, 0.4) is 0 Å². The fraction of sp³-hybridized carbons (Fsp3) is 0.632. The number of hydrogen-bond acceptors (Lipinski definition) is 3. The van der Waals surface area contributed by atoms with Crippen molar-refractivity contribution < 1.29 is 9.90 Å². The summed E-state index contributed by atoms with van der Waals surface area (Å²) < 4.78 is 0. The first-order valence-electron chi connectivity index (χ1n) is 8.85. The average Bonchev–Trinajstić information content (AvgIpc) is 3.24. The molecule has 2 N–H and O–H groups in total. The predicted octanol–water partition coefficient (Wildman–Crippen LogP) is 2.45. The summed E-state index contributed by atoms with van der Waals surface area (Å²) >= 11 is 0. The number of hydrogen-bond donors (Lipinski definition) is 2. The maximum Gasteiger partial charge on any atom is 0.317 e. The van der Waals surface area contributed by atoms with Crippen LogP contribution in [0.25, 0.3) is 0 Å². The van der Waals surface area contributed by atoms with E-state index in [1.54, 1.807) is 0 Å². The molecule has 0 radical (unpaired) electrons. The van der Waals surface area contributed by atoms with E-state index in [0.717, 1.165) is 38.3 Å². The Balaban J connectivity index is 1.36. The lowest BCUT2D eigenvalue weighted by Gasteiger charge is -2.43. The summed E-state index contributed by atoms with van der Waals surface area (Å²) in [6, 6.07) is 9.69. The third-order valence-corrected chi connectivity index (χ3v) is 5.09. The summed E-state index contributed by atoms with van der Waals surface area (Å²) in [6.07, 6.45) is 5.80. The van der Waals surface area contributed by atoms with Crippen molar-refractivity contribution in [2.75, 3.05) is 19.6 Å². The maximum atomic E-state index is 11.0. The molecule has 0 amide bonds. The number of nitrogens with one attached hydrogen (secondary N) is 1. The van der Waals surface area contributed by atoms with Crippen molar-refractivity contribution in [2.24, 2.45) is 5.92 Å². The van der Waals surface area contributed by atoms with E-state index >= 15 is 0 Å². The molecule has 0 aliphatic heterocycles. The van der Waals surface area contributed by atoms with Gasteiger partial charge in [-0.2, -0.15) is 0 Å². The number of carboxylic acids is 1. The van der Waals surface area contributed by atoms with Gasteiger partial charge in [0.1, 0.15) is 0 Å². The Morgan fingerprint density at radius 1 is 1.35 bits per heavy atom. The Morgan fingerprint density at radius 3 is 2.78 bits per heavy atom. The molecular weight excluding hydrogens is 288 g/mol. The van der Waals surface area contributed by atoms with Crippen LogP contribution in [-0.4, -0.2) is 47.7 Å². The molecule has 0 aromatic heterocycles. The van der Waals surface area contributed by atoms with Crippen molar-refractivity contribution in [3.8, 4) is 0 Å². The first-order valence-corrected chi connectivity index (χ1v) is 8.85. The van der Waals surface area contributed by atoms with Gasteiger partial charge >= 0.3 is 5.97 Å². The fourth-order valence-corrected chi connectivity index (χ4v) is 3.49. The van der Waals surface area contributed by atoms with Gasteiger partial charge in [-0.1, -0.05) is 29.8 Å². The van der Waals surface area contributed by atoms with Crippen molar-refractivity contribution in [3.63, 3.8) is 0 Å². The third-order valence-electron chi connectivity index (χ3n) is 5.09. The summed E-state index contributed by atoms with van der Waals surface area (Å²) in [5.74, 6) is 0.0594. The van der Waals surface area contributed by atoms with Gasteiger partial charge in [0.05, 0.1) is 6.54 Å². The first-order chi connectivity index (χ1) is 11.1. The van der Waals surface area contributed by atoms with Gasteiger partial charge < -0.3 is 10.4 Å². The minimum Gasteiger partial charge on any atom is -0.480 e. The molecule has 3 rings (SSSR count). The van der Waals surface area contributed by atoms with Crippen molar-refractivity contribution in [2.45, 2.75) is 51.1 Å². The highest BCUT2D eigenvalue weighted by molar-refractivity contribution is 5.69. The smallest absolute Gasteiger partial charge is 0.317 e. The number of nitrogens with zero attached hydrogens (tertiary/aromatic N) is 1. The zero-order valence-corrected chi connectivity index (χ0v) is 14.0. The lowest BCUT2D eigenvalue weighted by molar-refractivity contribution is -0.139. The Hall–Kier alpha value is -1.39. The van der Waals surface area contributed by atoms with E-state index in [2.05, 4.69) is 41.4 Å². The number of aliphatic carboxylic acids is 1. The number of carboxylic acid groups (broad SMARTS) is 1. The molecule has 4 heteroatoms. The highest BCUT2D eigenvalue weighted by Crippen LogP contribution is 2.33. The standard InChI is InChI=1S/C19H28N2O2/c1-14-3-2-4-15(9-14)7-8-20-17-10-18(11-17)21(13-19(22)23)12-16-5-6-16/h2-4,9,16-18,20H,5-8,10-13H2,1H3,(H,22,23). The van der Waals surface area contributed by atoms with Gasteiger partial charge in [0.15, 0.2) is 0 Å². The van der Waals surface area contributed by atoms with E-state index in [9.17, 15) is 4.79 Å². The van der Waals surface area contributed by atoms with Gasteiger partial charge in [-0.3, -0.25) is 9.69 Å². The minimum absolute atomic E-state index is 0.206. The van der Waals surface area contributed by atoms with Crippen molar-refractivity contribution in [3.05, 3.63) is 35.4 Å². The second kappa shape index (κ2) is 7.45. The Morgan fingerprint density at radius 2 is 2.13 bits per heavy atom. The molecule has 0 heterocycles. The van der Waals surface area contributed by atoms with Crippen molar-refractivity contribution in [1.82, 2.24) is 10.2 Å². The fourth-order valence-electron chi connectivity index (χ4n) is 3.49. The van der Waals surface area contributed by atoms with Gasteiger partial charge in [-0.15, -0.1) is 0 Å². The SMILES string of the molecule is Cc1cccc(CCNC2CC(N(CC(=O)O)CC3CC3)C2)c1. The number of benzene rings is 1. The molecule has 2 aliphatic carbocycles. The molecule has 126 valence electrons. The monoisotopic (exact) mass is 316 g/mol. The molecule has 2 saturated carbocycles. The van der Waals surface area contributed by atoms with E-state index in [1.807, 2.05) is 0 Å². The lowest BCUT2D eigenvalue weighted by atomic mass is 9.85. The Kier molecular flexibility index (Phi) is 5.34. The van der Waals surface area contributed by atoms with Crippen LogP contribution < -0.4 is 5.32 Å². The maximum absolute atomic E-state index is 11.0. The first kappa shape index (κ1) is 16.5. The topological polar surface area (TPSA) is 52.6 Å². The molecule has 0 unspecified atom stereocenters. The van der Waals surface area contributed by atoms with Crippen molar-refractivity contribution in [1.29, 1.82) is 0 Å². The molecule has 2 aliphatic rings. The molecule has 0 atom stereocenters. The van der Waals surface area contributed by atoms with E-state index < -0.39 is 5.97 Å². The van der Waals surface area contributed by atoms with Crippen LogP contribution in [0.1, 0.15) is 36.8 Å². The molecule has 23 heavy (non-hydrogen) atoms. The second-order valence-corrected chi connectivity index (χ2v) is 7.28. The molecule has 1 aromatic rings. The Labute approximate surface area is 138 Å². The van der Waals surface area contributed by atoms with Gasteiger partial charge in [-0.25, -0.2) is 0 Å². The van der Waals surface area contributed by atoms with Crippen LogP contribution in [0.5, 0.6) is 0 Å². The second-order valence-electron chi connectivity index (χ2n) is 7.28. The molecule has 0 spiro atoms. The number of rotatable bonds is 9. The zero-order valence-electron chi connectivity index (χ0n) is 14.0. The average molecular weight is 316 g/mol. The van der Waals surface area contributed by atoms with Gasteiger partial charge in [0.2, 0.25) is 0 Å². The number of aryl methyl sites for hydroxylation is 1. The number of carbonyl (C=O) groups is 1. The van der Waals surface area contributed by atoms with Crippen molar-refractivity contribution >= 4 is 5.97 Å². The van der Waals surface area contributed by atoms with E-state index in [-0.39, 0.29) is 6.54 Å². The summed E-state index contributed by atoms with van der Waals surface area (Å²) in [5, 5.41) is 12.7. The molecular formula is C19H28N2O2. The van der Waals surface area contributed by atoms with Crippen LogP contribution in [0.15, 0.2) is 24.3 Å². The van der Waals surface area contributed by atoms with Crippen LogP contribution in [0, 0.1) is 12.8 Å². The quantitative estimate of drug-likeness (QED) is 0.735. The molecule has 4 nitrogen and oxygen atoms in total. The predicted molar refractivity (Wildman–Crippen MR) is 91.6 cm³/mol. The third kappa shape index (κ3) is 5.05. The molecule has 1 aromatic carbocycles. The minimum atomic E-state index is -0.693. The normalized spacial score (nSPS) is 23.7. The molecule has 0 bridgehead atoms. The highest BCUT2D eigenvalue weighted by atomic mass is 16.4. The van der Waals surface area contributed by atoms with Gasteiger partial charge in [0.25, 0.3) is 0 Å². The van der Waals surface area contributed by atoms with Crippen LogP contribution >= 0.6 is 0 Å². The lowest BCUT2D eigenvalue weighted by Crippen LogP contribution is -2.54. The van der Waals surface area contributed by atoms with E-state index in [0.29, 0.717) is 12.1 Å². The van der Waals surface area contributed by atoms with Crippen LogP contribution in [0.2, 0.25) is 0 Å². The largest absolute Gasteiger partial charge is 0.480 e. The highest BCUT2D eigenvalue weighted by Gasteiger charge is 2.36. The van der Waals surface area contributed by atoms with Gasteiger partial charge in [0, 0.05) is 18.6 Å². The van der Waals surface area contributed by atoms with E-state index in [4.69, 9.17) is 5.11 Å². The zero-order chi connectivity index (χ0) is 16.2. The van der Waals surface area contributed by atoms with Crippen LogP contribution in [0.4, 0.5) is 0 Å². The summed E-state index contributed by atoms with van der Waals surface area (Å²) in [7, 11) is 0. The van der Waals surface area contributed by atoms with E-state index in [1.165, 1.54) is 24.0 Å². The van der Waals surface area contributed by atoms with Gasteiger partial charge in [-0.05, 0) is 57.1 Å². The molecule has 0 saturated heterocycles. The summed E-state index contributed by atoms with van der Waals surface area (Å²) in [6.45, 7) is 4.32. The summed E-state index contributed by atoms with van der Waals surface area (Å²) in [4.78, 5) is 13.2. The Bertz CT molecular complexity index is 536. The molecule has 2 fully saturated rings.